The second-order valence-corrected chi connectivity index (χ2v) is 5.52. The van der Waals surface area contributed by atoms with Gasteiger partial charge in [-0.1, -0.05) is 11.6 Å². The van der Waals surface area contributed by atoms with E-state index in [1.807, 2.05) is 18.2 Å². The van der Waals surface area contributed by atoms with Crippen molar-refractivity contribution in [2.75, 3.05) is 39.5 Å². The van der Waals surface area contributed by atoms with E-state index in [0.717, 1.165) is 56.1 Å². The minimum atomic E-state index is 0.711. The number of benzene rings is 1. The summed E-state index contributed by atoms with van der Waals surface area (Å²) in [6.45, 7) is 5.55. The molecule has 0 aromatic heterocycles. The fourth-order valence-electron chi connectivity index (χ4n) is 1.89. The molecular formula is C13H17BrClNO2. The molecule has 18 heavy (non-hydrogen) atoms. The van der Waals surface area contributed by atoms with E-state index in [-0.39, 0.29) is 0 Å². The molecule has 0 N–H and O–H groups in total. The molecule has 1 aliphatic heterocycles. The van der Waals surface area contributed by atoms with E-state index in [0.29, 0.717) is 5.02 Å². The highest BCUT2D eigenvalue weighted by Gasteiger charge is 2.09. The molecule has 0 bridgehead atoms. The molecule has 100 valence electrons. The SMILES string of the molecule is Clc1ccc(OCCCN2CCOCC2)c(Br)c1. The molecule has 1 fully saturated rings. The molecule has 0 spiro atoms. The largest absolute Gasteiger partial charge is 0.492 e. The predicted molar refractivity (Wildman–Crippen MR) is 76.5 cm³/mol. The maximum absolute atomic E-state index is 5.88. The van der Waals surface area contributed by atoms with E-state index in [9.17, 15) is 0 Å². The Morgan fingerprint density at radius 1 is 1.33 bits per heavy atom. The standard InChI is InChI=1S/C13H17BrClNO2/c14-12-10-11(15)2-3-13(12)18-7-1-4-16-5-8-17-9-6-16/h2-3,10H,1,4-9H2. The smallest absolute Gasteiger partial charge is 0.133 e. The summed E-state index contributed by atoms with van der Waals surface area (Å²) in [6.07, 6.45) is 1.02. The van der Waals surface area contributed by atoms with Crippen LogP contribution < -0.4 is 4.74 Å². The third-order valence-electron chi connectivity index (χ3n) is 2.87. The Kier molecular flexibility index (Phi) is 5.76. The molecule has 1 aromatic carbocycles. The Labute approximate surface area is 121 Å². The van der Waals surface area contributed by atoms with Crippen molar-refractivity contribution in [1.82, 2.24) is 4.90 Å². The quantitative estimate of drug-likeness (QED) is 0.772. The van der Waals surface area contributed by atoms with Crippen molar-refractivity contribution in [2.24, 2.45) is 0 Å². The molecule has 1 heterocycles. The van der Waals surface area contributed by atoms with Gasteiger partial charge in [-0.05, 0) is 40.5 Å². The summed E-state index contributed by atoms with van der Waals surface area (Å²) < 4.78 is 11.9. The van der Waals surface area contributed by atoms with Gasteiger partial charge in [0.05, 0.1) is 24.3 Å². The molecule has 0 amide bonds. The van der Waals surface area contributed by atoms with Gasteiger partial charge in [0.2, 0.25) is 0 Å². The first-order chi connectivity index (χ1) is 8.75. The van der Waals surface area contributed by atoms with Crippen LogP contribution in [0.15, 0.2) is 22.7 Å². The van der Waals surface area contributed by atoms with E-state index in [1.165, 1.54) is 0 Å². The van der Waals surface area contributed by atoms with Gasteiger partial charge >= 0.3 is 0 Å². The third-order valence-corrected chi connectivity index (χ3v) is 3.73. The van der Waals surface area contributed by atoms with Gasteiger partial charge in [0.1, 0.15) is 5.75 Å². The maximum Gasteiger partial charge on any atom is 0.133 e. The topological polar surface area (TPSA) is 21.7 Å². The van der Waals surface area contributed by atoms with Crippen LogP contribution in [0.3, 0.4) is 0 Å². The van der Waals surface area contributed by atoms with Crippen LogP contribution in [-0.2, 0) is 4.74 Å². The van der Waals surface area contributed by atoms with Crippen LogP contribution in [0.4, 0.5) is 0 Å². The summed E-state index contributed by atoms with van der Waals surface area (Å²) in [5.74, 6) is 0.848. The summed E-state index contributed by atoms with van der Waals surface area (Å²) in [6, 6.07) is 5.57. The van der Waals surface area contributed by atoms with Crippen molar-refractivity contribution in [2.45, 2.75) is 6.42 Å². The number of hydrogen-bond donors (Lipinski definition) is 0. The zero-order chi connectivity index (χ0) is 12.8. The van der Waals surface area contributed by atoms with Gasteiger partial charge in [-0.2, -0.15) is 0 Å². The van der Waals surface area contributed by atoms with Gasteiger partial charge < -0.3 is 9.47 Å². The third kappa shape index (κ3) is 4.43. The van der Waals surface area contributed by atoms with Gasteiger partial charge in [0, 0.05) is 24.7 Å². The van der Waals surface area contributed by atoms with Gasteiger partial charge in [0.25, 0.3) is 0 Å². The average molecular weight is 335 g/mol. The summed E-state index contributed by atoms with van der Waals surface area (Å²) in [5, 5.41) is 0.711. The highest BCUT2D eigenvalue weighted by molar-refractivity contribution is 9.10. The van der Waals surface area contributed by atoms with E-state index >= 15 is 0 Å². The van der Waals surface area contributed by atoms with Crippen molar-refractivity contribution in [3.63, 3.8) is 0 Å². The molecule has 1 aromatic rings. The lowest BCUT2D eigenvalue weighted by atomic mass is 10.3. The van der Waals surface area contributed by atoms with E-state index in [2.05, 4.69) is 20.8 Å². The lowest BCUT2D eigenvalue weighted by molar-refractivity contribution is 0.0358. The summed E-state index contributed by atoms with van der Waals surface area (Å²) in [4.78, 5) is 2.41. The van der Waals surface area contributed by atoms with Crippen molar-refractivity contribution in [3.8, 4) is 5.75 Å². The fraction of sp³-hybridized carbons (Fsp3) is 0.538. The van der Waals surface area contributed by atoms with Crippen LogP contribution in [0.5, 0.6) is 5.75 Å². The Bertz CT molecular complexity index is 383. The van der Waals surface area contributed by atoms with Crippen LogP contribution >= 0.6 is 27.5 Å². The molecule has 2 rings (SSSR count). The number of hydrogen-bond acceptors (Lipinski definition) is 3. The molecule has 0 saturated carbocycles. The number of morpholine rings is 1. The highest BCUT2D eigenvalue weighted by Crippen LogP contribution is 2.27. The maximum atomic E-state index is 5.88. The van der Waals surface area contributed by atoms with Crippen molar-refractivity contribution < 1.29 is 9.47 Å². The zero-order valence-corrected chi connectivity index (χ0v) is 12.5. The molecule has 0 atom stereocenters. The van der Waals surface area contributed by atoms with E-state index in [4.69, 9.17) is 21.1 Å². The second kappa shape index (κ2) is 7.34. The molecule has 1 aliphatic rings. The van der Waals surface area contributed by atoms with Gasteiger partial charge in [-0.15, -0.1) is 0 Å². The van der Waals surface area contributed by atoms with Gasteiger partial charge in [0.15, 0.2) is 0 Å². The van der Waals surface area contributed by atoms with Gasteiger partial charge in [-0.3, -0.25) is 4.90 Å². The van der Waals surface area contributed by atoms with Crippen molar-refractivity contribution in [3.05, 3.63) is 27.7 Å². The zero-order valence-electron chi connectivity index (χ0n) is 10.2. The predicted octanol–water partition coefficient (Wildman–Crippen LogP) is 3.20. The van der Waals surface area contributed by atoms with Crippen molar-refractivity contribution in [1.29, 1.82) is 0 Å². The number of nitrogens with zero attached hydrogens (tertiary/aromatic N) is 1. The van der Waals surface area contributed by atoms with E-state index < -0.39 is 0 Å². The Morgan fingerprint density at radius 3 is 2.83 bits per heavy atom. The molecule has 0 radical (unpaired) electrons. The Balaban J connectivity index is 1.68. The minimum absolute atomic E-state index is 0.711. The first-order valence-corrected chi connectivity index (χ1v) is 7.31. The number of halogens is 2. The normalized spacial score (nSPS) is 16.8. The molecule has 1 saturated heterocycles. The molecular weight excluding hydrogens is 318 g/mol. The molecule has 5 heteroatoms. The summed E-state index contributed by atoms with van der Waals surface area (Å²) >= 11 is 9.32. The van der Waals surface area contributed by atoms with Crippen LogP contribution in [0.1, 0.15) is 6.42 Å². The van der Waals surface area contributed by atoms with Crippen LogP contribution in [-0.4, -0.2) is 44.4 Å². The lowest BCUT2D eigenvalue weighted by Gasteiger charge is -2.26. The molecule has 0 unspecified atom stereocenters. The number of ether oxygens (including phenoxy) is 2. The van der Waals surface area contributed by atoms with Crippen LogP contribution in [0, 0.1) is 0 Å². The summed E-state index contributed by atoms with van der Waals surface area (Å²) in [5.41, 5.74) is 0. The Hall–Kier alpha value is -0.290. The molecule has 3 nitrogen and oxygen atoms in total. The average Bonchev–Trinajstić information content (AvgIpc) is 2.38. The lowest BCUT2D eigenvalue weighted by Crippen LogP contribution is -2.37. The van der Waals surface area contributed by atoms with Crippen LogP contribution in [0.2, 0.25) is 5.02 Å². The van der Waals surface area contributed by atoms with Crippen LogP contribution in [0.25, 0.3) is 0 Å². The summed E-state index contributed by atoms with van der Waals surface area (Å²) in [7, 11) is 0. The minimum Gasteiger partial charge on any atom is -0.492 e. The van der Waals surface area contributed by atoms with E-state index in [1.54, 1.807) is 0 Å². The molecule has 0 aliphatic carbocycles. The Morgan fingerprint density at radius 2 is 2.11 bits per heavy atom. The fourth-order valence-corrected chi connectivity index (χ4v) is 2.68. The second-order valence-electron chi connectivity index (χ2n) is 4.23. The van der Waals surface area contributed by atoms with Crippen molar-refractivity contribution >= 4 is 27.5 Å². The first-order valence-electron chi connectivity index (χ1n) is 6.13. The van der Waals surface area contributed by atoms with Gasteiger partial charge in [-0.25, -0.2) is 0 Å². The monoisotopic (exact) mass is 333 g/mol. The number of rotatable bonds is 5. The first kappa shape index (κ1) is 14.1. The highest BCUT2D eigenvalue weighted by atomic mass is 79.9.